The summed E-state index contributed by atoms with van der Waals surface area (Å²) in [5.74, 6) is -1.91. The molecule has 10 atom stereocenters. The number of anilines is 1. The molecule has 2 aromatic heterocycles. The molecule has 326 valence electrons. The van der Waals surface area contributed by atoms with E-state index in [4.69, 9.17) is 19.5 Å². The van der Waals surface area contributed by atoms with Gasteiger partial charge in [-0.15, -0.1) is 0 Å². The molecule has 0 aromatic carbocycles. The van der Waals surface area contributed by atoms with Crippen molar-refractivity contribution in [2.75, 3.05) is 37.8 Å². The lowest BCUT2D eigenvalue weighted by Gasteiger charge is -2.30. The molecule has 0 saturated carbocycles. The number of nitrogens with zero attached hydrogens (tertiary/aromatic N) is 4. The van der Waals surface area contributed by atoms with Gasteiger partial charge in [0.25, 0.3) is 0 Å². The fourth-order valence-corrected chi connectivity index (χ4v) is 9.04. The Labute approximate surface area is 333 Å². The summed E-state index contributed by atoms with van der Waals surface area (Å²) >= 11 is 0.936. The van der Waals surface area contributed by atoms with Crippen LogP contribution in [0.2, 0.25) is 0 Å². The second kappa shape index (κ2) is 19.7. The molecule has 12 N–H and O–H groups in total. The van der Waals surface area contributed by atoms with Crippen molar-refractivity contribution >= 4 is 69.1 Å². The van der Waals surface area contributed by atoms with E-state index in [-0.39, 0.29) is 53.8 Å². The molecule has 0 bridgehead atoms. The van der Waals surface area contributed by atoms with Gasteiger partial charge < -0.3 is 61.1 Å². The van der Waals surface area contributed by atoms with Crippen LogP contribution in [0.3, 0.4) is 0 Å². The van der Waals surface area contributed by atoms with Gasteiger partial charge in [0, 0.05) is 36.6 Å². The summed E-state index contributed by atoms with van der Waals surface area (Å²) in [5, 5.41) is 45.3. The topological polar surface area (TPSA) is 404 Å². The van der Waals surface area contributed by atoms with E-state index >= 15 is 0 Å². The van der Waals surface area contributed by atoms with Gasteiger partial charge in [-0.3, -0.25) is 32.5 Å². The number of imidazole rings is 1. The summed E-state index contributed by atoms with van der Waals surface area (Å²) in [4.78, 5) is 87.9. The first-order valence-corrected chi connectivity index (χ1v) is 22.5. The minimum Gasteiger partial charge on any atom is -0.390 e. The van der Waals surface area contributed by atoms with E-state index in [1.165, 1.54) is 26.0 Å². The number of carbonyl (C=O) groups is 3. The molecule has 1 aliphatic carbocycles. The molecule has 58 heavy (non-hydrogen) atoms. The van der Waals surface area contributed by atoms with Crippen LogP contribution in [0.15, 0.2) is 24.8 Å². The molecule has 1 aliphatic heterocycles. The second-order valence-electron chi connectivity index (χ2n) is 13.5. The summed E-state index contributed by atoms with van der Waals surface area (Å²) in [6.45, 7) is 0.268. The van der Waals surface area contributed by atoms with Gasteiger partial charge in [-0.2, -0.15) is 4.31 Å². The molecule has 26 nitrogen and oxygen atoms in total. The predicted octanol–water partition coefficient (Wildman–Crippen LogP) is -2.04. The number of hydrogen-bond donors (Lipinski definition) is 11. The van der Waals surface area contributed by atoms with E-state index in [2.05, 4.69) is 34.4 Å². The minimum atomic E-state index is -5.59. The Hall–Kier alpha value is -2.78. The van der Waals surface area contributed by atoms with Crippen LogP contribution in [0.4, 0.5) is 5.82 Å². The van der Waals surface area contributed by atoms with Crippen molar-refractivity contribution in [2.24, 2.45) is 11.3 Å². The normalized spacial score (nSPS) is 26.5. The molecular weight excluding hydrogens is 863 g/mol. The van der Waals surface area contributed by atoms with E-state index < -0.39 is 103 Å². The summed E-state index contributed by atoms with van der Waals surface area (Å²) in [6, 6.07) is 0. The zero-order valence-corrected chi connectivity index (χ0v) is 34.1. The van der Waals surface area contributed by atoms with Crippen molar-refractivity contribution in [1.29, 1.82) is 0 Å². The number of phosphoric ester groups is 3. The lowest BCUT2D eigenvalue weighted by Crippen LogP contribution is -2.46. The van der Waals surface area contributed by atoms with E-state index in [0.29, 0.717) is 0 Å². The van der Waals surface area contributed by atoms with Crippen LogP contribution in [-0.2, 0) is 50.7 Å². The number of hydrogen-bond acceptors (Lipinski definition) is 20. The van der Waals surface area contributed by atoms with Gasteiger partial charge in [0.05, 0.1) is 31.7 Å². The molecule has 0 spiro atoms. The van der Waals surface area contributed by atoms with E-state index in [0.717, 1.165) is 29.0 Å². The van der Waals surface area contributed by atoms with Crippen LogP contribution < -0.4 is 16.4 Å². The highest BCUT2D eigenvalue weighted by molar-refractivity contribution is 8.13. The molecule has 2 aliphatic rings. The molecule has 30 heteroatoms. The van der Waals surface area contributed by atoms with Gasteiger partial charge in [0.15, 0.2) is 22.8 Å². The Kier molecular flexibility index (Phi) is 16.3. The number of ether oxygens (including phenoxy) is 1. The van der Waals surface area contributed by atoms with E-state index in [1.54, 1.807) is 0 Å². The maximum absolute atomic E-state index is 12.7. The monoisotopic (exact) mass is 907 g/mol. The Balaban J connectivity index is 1.21. The number of nitrogen functional groups attached to an aromatic ring is 1. The average molecular weight is 908 g/mol. The third kappa shape index (κ3) is 13.4. The predicted molar refractivity (Wildman–Crippen MR) is 196 cm³/mol. The smallest absolute Gasteiger partial charge is 0.390 e. The number of nitrogens with one attached hydrogen (secondary N) is 2. The number of aromatic nitrogens is 4. The third-order valence-corrected chi connectivity index (χ3v) is 12.6. The summed E-state index contributed by atoms with van der Waals surface area (Å²) in [7, 11) is -16.4. The Morgan fingerprint density at radius 3 is 2.40 bits per heavy atom. The highest BCUT2D eigenvalue weighted by atomic mass is 32.2. The van der Waals surface area contributed by atoms with Gasteiger partial charge in [0.2, 0.25) is 11.8 Å². The molecule has 1 saturated heterocycles. The standard InChI is InChI=1S/C28H44N7O19P3S/c1-28(2,22(40)25(41)31-6-5-18(38)30-7-8-58-27(42)14-3-4-15(36)16(37)9-14)11-51-57(48,49)54-56(46,47)50-10-17-21(53-55(43,44)45)20(39)26(52-17)35-13-34-19-23(29)32-12-33-24(19)35/h3-4,12-17,20-22,26,36-37,39-40H,5-11H2,1-2H3,(H,30,38)(H,31,41)(H,46,47)(H,48,49)(H2,29,32,33)(H2,43,44,45)/t14?,15-,16-,17-,20-,21-,22+,26-/m1/s1. The van der Waals surface area contributed by atoms with Crippen molar-refractivity contribution in [2.45, 2.75) is 69.5 Å². The van der Waals surface area contributed by atoms with Gasteiger partial charge in [-0.1, -0.05) is 37.8 Å². The number of amides is 2. The van der Waals surface area contributed by atoms with Crippen molar-refractivity contribution in [3.63, 3.8) is 0 Å². The van der Waals surface area contributed by atoms with Crippen molar-refractivity contribution in [3.05, 3.63) is 24.8 Å². The SMILES string of the molecule is CC(C)(COP(=O)(O)OP(=O)(O)OC[C@H]1O[C@@H](n2cnc3c(N)ncnc32)[C@H](O)[C@@H]1OP(=O)(O)O)[C@@H](O)C(=O)NCCC(=O)NCCSC(=O)C1C=C[C@@H](O)[C@H](O)C1. The molecule has 3 unspecified atom stereocenters. The molecule has 0 radical (unpaired) electrons. The van der Waals surface area contributed by atoms with Gasteiger partial charge >= 0.3 is 23.5 Å². The molecule has 4 rings (SSSR count). The number of fused-ring (bicyclic) bond motifs is 1. The number of carbonyl (C=O) groups excluding carboxylic acids is 3. The zero-order chi connectivity index (χ0) is 43.2. The third-order valence-electron chi connectivity index (χ3n) is 8.48. The molecule has 2 amide bonds. The van der Waals surface area contributed by atoms with Crippen LogP contribution in [0.5, 0.6) is 0 Å². The van der Waals surface area contributed by atoms with Crippen LogP contribution in [0, 0.1) is 11.3 Å². The fourth-order valence-electron chi connectivity index (χ4n) is 5.42. The Morgan fingerprint density at radius 1 is 1.03 bits per heavy atom. The van der Waals surface area contributed by atoms with Crippen molar-refractivity contribution in [3.8, 4) is 0 Å². The number of nitrogens with two attached hydrogens (primary N) is 1. The van der Waals surface area contributed by atoms with Gasteiger partial charge in [0.1, 0.15) is 36.3 Å². The second-order valence-corrected chi connectivity index (χ2v) is 18.9. The summed E-state index contributed by atoms with van der Waals surface area (Å²) in [5.41, 5.74) is 4.21. The van der Waals surface area contributed by atoms with Crippen molar-refractivity contribution < 1.29 is 90.7 Å². The number of allylic oxidation sites excluding steroid dienone is 1. The zero-order valence-electron chi connectivity index (χ0n) is 30.6. The maximum Gasteiger partial charge on any atom is 0.481 e. The number of aliphatic hydroxyl groups excluding tert-OH is 4. The first-order chi connectivity index (χ1) is 26.9. The first kappa shape index (κ1) is 47.9. The van der Waals surface area contributed by atoms with Crippen LogP contribution in [0.1, 0.15) is 32.9 Å². The molecule has 2 aromatic rings. The number of thioether (sulfide) groups is 1. The lowest BCUT2D eigenvalue weighted by molar-refractivity contribution is -0.137. The van der Waals surface area contributed by atoms with Gasteiger partial charge in [-0.05, 0) is 6.42 Å². The Morgan fingerprint density at radius 2 is 1.72 bits per heavy atom. The van der Waals surface area contributed by atoms with Crippen LogP contribution >= 0.6 is 35.2 Å². The molecular formula is C28H44N7O19P3S. The van der Waals surface area contributed by atoms with Crippen LogP contribution in [-0.4, -0.2) is 145 Å². The van der Waals surface area contributed by atoms with E-state index in [1.807, 2.05) is 0 Å². The quantitative estimate of drug-likeness (QED) is 0.0387. The summed E-state index contributed by atoms with van der Waals surface area (Å²) in [6.07, 6.45) is -6.20. The lowest BCUT2D eigenvalue weighted by atomic mass is 9.87. The van der Waals surface area contributed by atoms with E-state index in [9.17, 15) is 68.1 Å². The average Bonchev–Trinajstić information content (AvgIpc) is 3.69. The highest BCUT2D eigenvalue weighted by Gasteiger charge is 2.50. The Bertz CT molecular complexity index is 1970. The molecule has 1 fully saturated rings. The van der Waals surface area contributed by atoms with Gasteiger partial charge in [-0.25, -0.2) is 28.6 Å². The van der Waals surface area contributed by atoms with Crippen LogP contribution in [0.25, 0.3) is 11.2 Å². The first-order valence-electron chi connectivity index (χ1n) is 17.0. The largest absolute Gasteiger partial charge is 0.481 e. The highest BCUT2D eigenvalue weighted by Crippen LogP contribution is 2.61. The number of rotatable bonds is 20. The number of phosphoric acid groups is 3. The fraction of sp³-hybridized carbons (Fsp3) is 0.643. The number of aliphatic hydroxyl groups is 4. The molecule has 3 heterocycles. The minimum absolute atomic E-state index is 0.0215. The summed E-state index contributed by atoms with van der Waals surface area (Å²) < 4.78 is 62.1. The van der Waals surface area contributed by atoms with Crippen molar-refractivity contribution in [1.82, 2.24) is 30.2 Å². The maximum atomic E-state index is 12.7.